The van der Waals surface area contributed by atoms with E-state index in [0.29, 0.717) is 36.2 Å². The molecule has 0 amide bonds. The molecule has 24 heavy (non-hydrogen) atoms. The lowest BCUT2D eigenvalue weighted by Crippen LogP contribution is -2.35. The topological polar surface area (TPSA) is 55.1 Å². The van der Waals surface area contributed by atoms with Crippen molar-refractivity contribution in [1.29, 1.82) is 0 Å². The summed E-state index contributed by atoms with van der Waals surface area (Å²) in [6, 6.07) is 1.18. The number of nitrogens with zero attached hydrogens (tertiary/aromatic N) is 4. The van der Waals surface area contributed by atoms with Crippen molar-refractivity contribution in [2.24, 2.45) is 5.92 Å². The number of pyridine rings is 1. The molecule has 8 heteroatoms. The molecule has 3 heterocycles. The Kier molecular flexibility index (Phi) is 4.84. The van der Waals surface area contributed by atoms with Crippen molar-refractivity contribution in [3.63, 3.8) is 0 Å². The smallest absolute Gasteiger partial charge is 0.339 e. The monoisotopic (exact) mass is 340 g/mol. The number of hydrogen-bond donors (Lipinski definition) is 0. The molecule has 0 aliphatic carbocycles. The van der Waals surface area contributed by atoms with Crippen molar-refractivity contribution in [3.05, 3.63) is 41.3 Å². The third-order valence-electron chi connectivity index (χ3n) is 4.16. The summed E-state index contributed by atoms with van der Waals surface area (Å²) in [7, 11) is 0. The lowest BCUT2D eigenvalue weighted by molar-refractivity contribution is -0.137. The molecule has 1 saturated heterocycles. The van der Waals surface area contributed by atoms with E-state index in [1.807, 2.05) is 0 Å². The highest BCUT2D eigenvalue weighted by atomic mass is 19.4. The Labute approximate surface area is 137 Å². The van der Waals surface area contributed by atoms with Crippen LogP contribution in [0, 0.1) is 12.8 Å². The Bertz CT molecular complexity index is 686. The number of likely N-dealkylation sites (tertiary alicyclic amines) is 1. The van der Waals surface area contributed by atoms with E-state index in [1.54, 1.807) is 6.92 Å². The fraction of sp³-hybridized carbons (Fsp3) is 0.562. The normalized spacial score (nSPS) is 19.6. The number of piperidine rings is 1. The van der Waals surface area contributed by atoms with Gasteiger partial charge in [-0.2, -0.15) is 18.2 Å². The van der Waals surface area contributed by atoms with Crippen LogP contribution in [0.4, 0.5) is 13.2 Å². The standard InChI is InChI=1S/C16H19F3N4O/c1-11-21-15(24-22-11)6-12-3-2-4-23(9-12)10-13-5-14(8-20-7-13)16(17,18)19/h5,7-8,12H,2-4,6,9-10H2,1H3. The van der Waals surface area contributed by atoms with Gasteiger partial charge in [0.2, 0.25) is 5.89 Å². The van der Waals surface area contributed by atoms with Crippen molar-refractivity contribution in [2.45, 2.75) is 38.9 Å². The van der Waals surface area contributed by atoms with Gasteiger partial charge in [-0.3, -0.25) is 9.88 Å². The molecule has 3 rings (SSSR count). The zero-order valence-corrected chi connectivity index (χ0v) is 13.4. The Morgan fingerprint density at radius 3 is 2.88 bits per heavy atom. The minimum atomic E-state index is -4.36. The van der Waals surface area contributed by atoms with Gasteiger partial charge in [0.15, 0.2) is 5.82 Å². The van der Waals surface area contributed by atoms with Gasteiger partial charge in [0.05, 0.1) is 5.56 Å². The molecule has 1 atom stereocenters. The highest BCUT2D eigenvalue weighted by molar-refractivity contribution is 5.20. The molecule has 5 nitrogen and oxygen atoms in total. The summed E-state index contributed by atoms with van der Waals surface area (Å²) in [5, 5.41) is 3.79. The van der Waals surface area contributed by atoms with Crippen LogP contribution in [-0.2, 0) is 19.1 Å². The van der Waals surface area contributed by atoms with E-state index in [2.05, 4.69) is 20.0 Å². The summed E-state index contributed by atoms with van der Waals surface area (Å²) >= 11 is 0. The largest absolute Gasteiger partial charge is 0.417 e. The molecule has 0 saturated carbocycles. The van der Waals surface area contributed by atoms with Gasteiger partial charge in [0.1, 0.15) is 0 Å². The van der Waals surface area contributed by atoms with Gasteiger partial charge in [-0.1, -0.05) is 5.16 Å². The number of halogens is 3. The fourth-order valence-electron chi connectivity index (χ4n) is 3.12. The second kappa shape index (κ2) is 6.88. The summed E-state index contributed by atoms with van der Waals surface area (Å²) in [5.41, 5.74) is -0.117. The molecule has 130 valence electrons. The highest BCUT2D eigenvalue weighted by Crippen LogP contribution is 2.29. The Hall–Kier alpha value is -1.96. The van der Waals surface area contributed by atoms with Crippen LogP contribution in [0.15, 0.2) is 23.0 Å². The average Bonchev–Trinajstić information content (AvgIpc) is 2.92. The molecule has 0 bridgehead atoms. The molecule has 1 fully saturated rings. The summed E-state index contributed by atoms with van der Waals surface area (Å²) in [6.07, 6.45) is 0.769. The van der Waals surface area contributed by atoms with E-state index in [0.717, 1.165) is 32.1 Å². The van der Waals surface area contributed by atoms with Crippen LogP contribution in [0.25, 0.3) is 0 Å². The van der Waals surface area contributed by atoms with Crippen molar-refractivity contribution in [3.8, 4) is 0 Å². The van der Waals surface area contributed by atoms with Gasteiger partial charge in [-0.05, 0) is 43.9 Å². The fourth-order valence-corrected chi connectivity index (χ4v) is 3.12. The third-order valence-corrected chi connectivity index (χ3v) is 4.16. The van der Waals surface area contributed by atoms with Crippen LogP contribution in [0.1, 0.15) is 35.7 Å². The van der Waals surface area contributed by atoms with Crippen LogP contribution in [-0.4, -0.2) is 33.1 Å². The van der Waals surface area contributed by atoms with E-state index < -0.39 is 11.7 Å². The quantitative estimate of drug-likeness (QED) is 0.855. The third kappa shape index (κ3) is 4.31. The van der Waals surface area contributed by atoms with Crippen LogP contribution in [0.3, 0.4) is 0 Å². The number of rotatable bonds is 4. The predicted octanol–water partition coefficient (Wildman–Crippen LogP) is 3.25. The van der Waals surface area contributed by atoms with Crippen LogP contribution >= 0.6 is 0 Å². The molecule has 0 aromatic carbocycles. The first-order valence-corrected chi connectivity index (χ1v) is 7.93. The van der Waals surface area contributed by atoms with Crippen LogP contribution in [0.5, 0.6) is 0 Å². The summed E-state index contributed by atoms with van der Waals surface area (Å²) in [5.74, 6) is 1.62. The Balaban J connectivity index is 1.61. The van der Waals surface area contributed by atoms with Gasteiger partial charge < -0.3 is 4.52 Å². The Morgan fingerprint density at radius 1 is 1.33 bits per heavy atom. The second-order valence-corrected chi connectivity index (χ2v) is 6.26. The molecule has 1 unspecified atom stereocenters. The van der Waals surface area contributed by atoms with Gasteiger partial charge in [-0.25, -0.2) is 0 Å². The first-order chi connectivity index (χ1) is 11.4. The average molecular weight is 340 g/mol. The molecule has 2 aromatic heterocycles. The zero-order chi connectivity index (χ0) is 17.2. The first-order valence-electron chi connectivity index (χ1n) is 7.93. The maximum atomic E-state index is 12.8. The van der Waals surface area contributed by atoms with Crippen molar-refractivity contribution < 1.29 is 17.7 Å². The van der Waals surface area contributed by atoms with E-state index in [-0.39, 0.29) is 0 Å². The summed E-state index contributed by atoms with van der Waals surface area (Å²) in [6.45, 7) is 3.92. The Morgan fingerprint density at radius 2 is 2.17 bits per heavy atom. The van der Waals surface area contributed by atoms with Gasteiger partial charge in [-0.15, -0.1) is 0 Å². The van der Waals surface area contributed by atoms with Crippen molar-refractivity contribution in [1.82, 2.24) is 20.0 Å². The van der Waals surface area contributed by atoms with E-state index in [4.69, 9.17) is 4.52 Å². The van der Waals surface area contributed by atoms with Gasteiger partial charge in [0, 0.05) is 31.9 Å². The molecular formula is C16H19F3N4O. The van der Waals surface area contributed by atoms with E-state index in [1.165, 1.54) is 12.3 Å². The number of aromatic nitrogens is 3. The van der Waals surface area contributed by atoms with Crippen molar-refractivity contribution in [2.75, 3.05) is 13.1 Å². The maximum absolute atomic E-state index is 12.8. The molecule has 1 aliphatic heterocycles. The number of alkyl halides is 3. The van der Waals surface area contributed by atoms with Crippen LogP contribution in [0.2, 0.25) is 0 Å². The second-order valence-electron chi connectivity index (χ2n) is 6.26. The lowest BCUT2D eigenvalue weighted by atomic mass is 9.94. The van der Waals surface area contributed by atoms with E-state index >= 15 is 0 Å². The van der Waals surface area contributed by atoms with E-state index in [9.17, 15) is 13.2 Å². The number of aryl methyl sites for hydroxylation is 1. The van der Waals surface area contributed by atoms with Gasteiger partial charge in [0.25, 0.3) is 0 Å². The number of hydrogen-bond acceptors (Lipinski definition) is 5. The molecular weight excluding hydrogens is 321 g/mol. The molecule has 1 aliphatic rings. The minimum absolute atomic E-state index is 0.373. The minimum Gasteiger partial charge on any atom is -0.339 e. The molecule has 0 spiro atoms. The van der Waals surface area contributed by atoms with Gasteiger partial charge >= 0.3 is 6.18 Å². The molecule has 2 aromatic rings. The SMILES string of the molecule is Cc1noc(CC2CCCN(Cc3cncc(C(F)(F)F)c3)C2)n1. The summed E-state index contributed by atoms with van der Waals surface area (Å²) < 4.78 is 43.5. The lowest BCUT2D eigenvalue weighted by Gasteiger charge is -2.32. The summed E-state index contributed by atoms with van der Waals surface area (Å²) in [4.78, 5) is 10.1. The zero-order valence-electron chi connectivity index (χ0n) is 13.4. The molecule has 0 N–H and O–H groups in total. The predicted molar refractivity (Wildman–Crippen MR) is 80.0 cm³/mol. The molecule has 0 radical (unpaired) electrons. The van der Waals surface area contributed by atoms with Crippen LogP contribution < -0.4 is 0 Å². The van der Waals surface area contributed by atoms with Crippen molar-refractivity contribution >= 4 is 0 Å². The highest BCUT2D eigenvalue weighted by Gasteiger charge is 2.31. The first kappa shape index (κ1) is 16.9. The maximum Gasteiger partial charge on any atom is 0.417 e.